The van der Waals surface area contributed by atoms with Crippen LogP contribution in [-0.2, 0) is 21.4 Å². The van der Waals surface area contributed by atoms with E-state index in [-0.39, 0.29) is 22.9 Å². The van der Waals surface area contributed by atoms with Gasteiger partial charge in [0.1, 0.15) is 0 Å². The van der Waals surface area contributed by atoms with Crippen LogP contribution in [0.4, 0.5) is 11.4 Å². The zero-order chi connectivity index (χ0) is 27.4. The predicted octanol–water partition coefficient (Wildman–Crippen LogP) is 3.03. The summed E-state index contributed by atoms with van der Waals surface area (Å²) >= 11 is 0. The van der Waals surface area contributed by atoms with E-state index in [2.05, 4.69) is 33.8 Å². The molecule has 1 amide bonds. The lowest BCUT2D eigenvalue weighted by Gasteiger charge is -2.44. The van der Waals surface area contributed by atoms with Crippen molar-refractivity contribution in [3.63, 3.8) is 0 Å². The summed E-state index contributed by atoms with van der Waals surface area (Å²) in [5, 5.41) is 19.3. The molecule has 0 aromatic heterocycles. The van der Waals surface area contributed by atoms with Gasteiger partial charge in [0.2, 0.25) is 15.9 Å². The largest absolute Gasteiger partial charge is 0.367 e. The molecular formula is C28H38N6O3S. The minimum Gasteiger partial charge on any atom is -0.367 e. The minimum atomic E-state index is -3.78. The summed E-state index contributed by atoms with van der Waals surface area (Å²) in [6, 6.07) is 14.6. The molecule has 0 saturated carbocycles. The number of carbonyl (C=O) groups is 1. The SMILES string of the molecule is CC(=O)Nc1cc(CNC2CCNC(C)C2)ccc1N1CC(C)N(S(=O)(=O)c2cccc(C#N)c2)[C@@H](C)C1. The van der Waals surface area contributed by atoms with Gasteiger partial charge in [-0.3, -0.25) is 4.79 Å². The minimum absolute atomic E-state index is 0.127. The molecule has 2 aliphatic rings. The van der Waals surface area contributed by atoms with E-state index in [9.17, 15) is 18.5 Å². The number of nitrogens with one attached hydrogen (secondary N) is 3. The molecule has 38 heavy (non-hydrogen) atoms. The Kier molecular flexibility index (Phi) is 8.73. The van der Waals surface area contributed by atoms with Gasteiger partial charge in [-0.15, -0.1) is 0 Å². The highest BCUT2D eigenvalue weighted by atomic mass is 32.2. The number of piperidine rings is 1. The lowest BCUT2D eigenvalue weighted by molar-refractivity contribution is -0.114. The fourth-order valence-electron chi connectivity index (χ4n) is 5.66. The fraction of sp³-hybridized carbons (Fsp3) is 0.500. The Bertz CT molecular complexity index is 1300. The number of piperazine rings is 1. The van der Waals surface area contributed by atoms with Crippen molar-refractivity contribution in [3.05, 3.63) is 53.6 Å². The van der Waals surface area contributed by atoms with Gasteiger partial charge in [0.15, 0.2) is 0 Å². The van der Waals surface area contributed by atoms with Crippen molar-refractivity contribution in [1.29, 1.82) is 5.26 Å². The maximum atomic E-state index is 13.5. The zero-order valence-electron chi connectivity index (χ0n) is 22.6. The fourth-order valence-corrected chi connectivity index (χ4v) is 7.52. The number of hydrogen-bond acceptors (Lipinski definition) is 7. The maximum absolute atomic E-state index is 13.5. The van der Waals surface area contributed by atoms with E-state index < -0.39 is 10.0 Å². The van der Waals surface area contributed by atoms with Gasteiger partial charge in [-0.05, 0) is 76.1 Å². The van der Waals surface area contributed by atoms with Crippen LogP contribution >= 0.6 is 0 Å². The molecule has 2 aromatic rings. The van der Waals surface area contributed by atoms with Crippen molar-refractivity contribution >= 4 is 27.3 Å². The first-order chi connectivity index (χ1) is 18.1. The Labute approximate surface area is 226 Å². The van der Waals surface area contributed by atoms with Gasteiger partial charge in [0.05, 0.1) is 27.9 Å². The molecule has 2 heterocycles. The van der Waals surface area contributed by atoms with Crippen molar-refractivity contribution in [2.24, 2.45) is 0 Å². The normalized spacial score (nSPS) is 24.6. The van der Waals surface area contributed by atoms with Gasteiger partial charge in [-0.1, -0.05) is 12.1 Å². The first-order valence-corrected chi connectivity index (χ1v) is 14.7. The van der Waals surface area contributed by atoms with Crippen molar-refractivity contribution < 1.29 is 13.2 Å². The summed E-state index contributed by atoms with van der Waals surface area (Å²) in [6.07, 6.45) is 2.17. The summed E-state index contributed by atoms with van der Waals surface area (Å²) in [7, 11) is -3.78. The lowest BCUT2D eigenvalue weighted by atomic mass is 10.0. The second-order valence-electron chi connectivity index (χ2n) is 10.6. The second-order valence-corrected chi connectivity index (χ2v) is 12.4. The van der Waals surface area contributed by atoms with Gasteiger partial charge < -0.3 is 20.9 Å². The summed E-state index contributed by atoms with van der Waals surface area (Å²) in [6.45, 7) is 10.2. The summed E-state index contributed by atoms with van der Waals surface area (Å²) in [4.78, 5) is 14.3. The Hall–Kier alpha value is -2.97. The van der Waals surface area contributed by atoms with Crippen LogP contribution in [0.15, 0.2) is 47.4 Å². The molecule has 4 rings (SSSR count). The van der Waals surface area contributed by atoms with E-state index in [1.807, 2.05) is 32.0 Å². The number of rotatable bonds is 7. The van der Waals surface area contributed by atoms with Crippen LogP contribution in [0.2, 0.25) is 0 Å². The van der Waals surface area contributed by atoms with Crippen LogP contribution in [-0.4, -0.2) is 62.4 Å². The molecule has 0 spiro atoms. The summed E-state index contributed by atoms with van der Waals surface area (Å²) in [5.74, 6) is -0.150. The van der Waals surface area contributed by atoms with E-state index in [0.717, 1.165) is 36.3 Å². The van der Waals surface area contributed by atoms with Crippen LogP contribution in [0.25, 0.3) is 0 Å². The molecule has 0 radical (unpaired) electrons. The highest BCUT2D eigenvalue weighted by Crippen LogP contribution is 2.33. The van der Waals surface area contributed by atoms with E-state index in [0.29, 0.717) is 37.3 Å². The first-order valence-electron chi connectivity index (χ1n) is 13.2. The highest BCUT2D eigenvalue weighted by molar-refractivity contribution is 7.89. The zero-order valence-corrected chi connectivity index (χ0v) is 23.4. The van der Waals surface area contributed by atoms with Crippen LogP contribution < -0.4 is 20.9 Å². The van der Waals surface area contributed by atoms with Crippen LogP contribution in [0.3, 0.4) is 0 Å². The number of nitriles is 1. The monoisotopic (exact) mass is 538 g/mol. The van der Waals surface area contributed by atoms with E-state index in [1.165, 1.54) is 23.4 Å². The Balaban J connectivity index is 1.52. The van der Waals surface area contributed by atoms with Crippen molar-refractivity contribution in [2.45, 2.75) is 76.1 Å². The van der Waals surface area contributed by atoms with Crippen molar-refractivity contribution in [3.8, 4) is 6.07 Å². The maximum Gasteiger partial charge on any atom is 0.243 e. The quantitative estimate of drug-likeness (QED) is 0.496. The highest BCUT2D eigenvalue weighted by Gasteiger charge is 2.39. The number of hydrogen-bond donors (Lipinski definition) is 3. The molecule has 204 valence electrons. The molecule has 9 nitrogen and oxygen atoms in total. The Morgan fingerprint density at radius 3 is 2.53 bits per heavy atom. The van der Waals surface area contributed by atoms with Crippen molar-refractivity contribution in [1.82, 2.24) is 14.9 Å². The van der Waals surface area contributed by atoms with Crippen LogP contribution in [0.1, 0.15) is 51.7 Å². The van der Waals surface area contributed by atoms with E-state index in [4.69, 9.17) is 0 Å². The third kappa shape index (κ3) is 6.35. The smallest absolute Gasteiger partial charge is 0.243 e. The summed E-state index contributed by atoms with van der Waals surface area (Å²) < 4.78 is 28.6. The van der Waals surface area contributed by atoms with Crippen LogP contribution in [0.5, 0.6) is 0 Å². The second kappa shape index (κ2) is 11.8. The molecule has 10 heteroatoms. The summed E-state index contributed by atoms with van der Waals surface area (Å²) in [5.41, 5.74) is 3.01. The molecular weight excluding hydrogens is 500 g/mol. The molecule has 0 bridgehead atoms. The van der Waals surface area contributed by atoms with Gasteiger partial charge in [0.25, 0.3) is 0 Å². The van der Waals surface area contributed by atoms with Crippen molar-refractivity contribution in [2.75, 3.05) is 29.9 Å². The standard InChI is InChI=1S/C28H38N6O3S/c1-19-12-25(10-11-30-19)31-16-24-8-9-28(27(14-24)32-22(4)35)33-17-20(2)34(21(3)18-33)38(36,37)26-7-5-6-23(13-26)15-29/h5-9,13-14,19-21,25,30-31H,10-12,16-18H2,1-4H3,(H,32,35)/t19?,20-,21?,25?/m0/s1. The molecule has 4 atom stereocenters. The van der Waals surface area contributed by atoms with Gasteiger partial charge >= 0.3 is 0 Å². The molecule has 2 aliphatic heterocycles. The molecule has 2 fully saturated rings. The number of nitrogens with zero attached hydrogens (tertiary/aromatic N) is 3. The lowest BCUT2D eigenvalue weighted by Crippen LogP contribution is -2.58. The molecule has 2 saturated heterocycles. The predicted molar refractivity (Wildman–Crippen MR) is 149 cm³/mol. The van der Waals surface area contributed by atoms with Gasteiger partial charge in [0, 0.05) is 50.7 Å². The third-order valence-electron chi connectivity index (χ3n) is 7.31. The third-order valence-corrected chi connectivity index (χ3v) is 9.43. The Morgan fingerprint density at radius 1 is 1.13 bits per heavy atom. The molecule has 3 N–H and O–H groups in total. The van der Waals surface area contributed by atoms with E-state index in [1.54, 1.807) is 12.1 Å². The van der Waals surface area contributed by atoms with E-state index >= 15 is 0 Å². The number of amides is 1. The average Bonchev–Trinajstić information content (AvgIpc) is 2.86. The number of sulfonamides is 1. The van der Waals surface area contributed by atoms with Crippen LogP contribution in [0, 0.1) is 11.3 Å². The average molecular weight is 539 g/mol. The topological polar surface area (TPSA) is 118 Å². The molecule has 0 aliphatic carbocycles. The molecule has 2 aromatic carbocycles. The van der Waals surface area contributed by atoms with Gasteiger partial charge in [-0.2, -0.15) is 9.57 Å². The number of anilines is 2. The molecule has 3 unspecified atom stereocenters. The Morgan fingerprint density at radius 2 is 1.87 bits per heavy atom. The first kappa shape index (κ1) is 28.0. The van der Waals surface area contributed by atoms with Gasteiger partial charge in [-0.25, -0.2) is 8.42 Å². The number of benzene rings is 2. The number of carbonyl (C=O) groups excluding carboxylic acids is 1.